The Morgan fingerprint density at radius 1 is 1.06 bits per heavy atom. The number of amides is 2. The van der Waals surface area contributed by atoms with Gasteiger partial charge in [0.1, 0.15) is 0 Å². The molecule has 1 aromatic heterocycles. The van der Waals surface area contributed by atoms with Crippen LogP contribution in [-0.4, -0.2) is 46.8 Å². The Morgan fingerprint density at radius 2 is 1.84 bits per heavy atom. The molecule has 4 N–H and O–H groups in total. The number of hydrogen-bond donors (Lipinski definition) is 4. The van der Waals surface area contributed by atoms with Gasteiger partial charge in [-0.1, -0.05) is 24.3 Å². The summed E-state index contributed by atoms with van der Waals surface area (Å²) in [4.78, 5) is 21.9. The van der Waals surface area contributed by atoms with Crippen LogP contribution in [0.25, 0.3) is 11.0 Å². The molecule has 2 heterocycles. The number of carbonyl (C=O) groups excluding carboxylic acids is 1. The molecule has 0 bridgehead atoms. The standard InChI is InChI=1S/C24H29N5O2/c30-12-11-25-19-7-5-17(6-8-19)16-1-3-18(4-2-16)23-14-26-24(31)29(23)20-9-10-21-22(13-20)28-15-27-21/h1-4,9-10,13,15,17,19,23,25,30H,5-8,11-12,14H2,(H,26,31)(H,27,28). The quantitative estimate of drug-likeness (QED) is 0.492. The molecule has 162 valence electrons. The lowest BCUT2D eigenvalue weighted by Gasteiger charge is -2.30. The molecule has 1 aliphatic carbocycles. The number of nitrogens with zero attached hydrogens (tertiary/aromatic N) is 2. The molecule has 1 saturated heterocycles. The maximum Gasteiger partial charge on any atom is 0.322 e. The summed E-state index contributed by atoms with van der Waals surface area (Å²) in [7, 11) is 0. The molecule has 2 aromatic carbocycles. The van der Waals surface area contributed by atoms with Crippen molar-refractivity contribution in [1.29, 1.82) is 0 Å². The molecule has 0 radical (unpaired) electrons. The molecular weight excluding hydrogens is 390 g/mol. The van der Waals surface area contributed by atoms with Gasteiger partial charge in [0.25, 0.3) is 0 Å². The van der Waals surface area contributed by atoms with Crippen LogP contribution < -0.4 is 15.5 Å². The van der Waals surface area contributed by atoms with Gasteiger partial charge in [-0.15, -0.1) is 0 Å². The lowest BCUT2D eigenvalue weighted by molar-refractivity contribution is 0.251. The molecule has 2 amide bonds. The summed E-state index contributed by atoms with van der Waals surface area (Å²) < 4.78 is 0. The van der Waals surface area contributed by atoms with Crippen LogP contribution in [0, 0.1) is 0 Å². The first-order valence-electron chi connectivity index (χ1n) is 11.2. The van der Waals surface area contributed by atoms with Gasteiger partial charge in [-0.05, 0) is 60.9 Å². The van der Waals surface area contributed by atoms with E-state index in [-0.39, 0.29) is 18.7 Å². The smallest absolute Gasteiger partial charge is 0.322 e. The second-order valence-corrected chi connectivity index (χ2v) is 8.57. The number of anilines is 1. The van der Waals surface area contributed by atoms with E-state index in [1.807, 2.05) is 23.1 Å². The first-order chi connectivity index (χ1) is 15.2. The number of aliphatic hydroxyl groups excluding tert-OH is 1. The molecule has 31 heavy (non-hydrogen) atoms. The van der Waals surface area contributed by atoms with Crippen LogP contribution in [0.15, 0.2) is 48.8 Å². The van der Waals surface area contributed by atoms with Crippen molar-refractivity contribution in [3.8, 4) is 0 Å². The fourth-order valence-electron chi connectivity index (χ4n) is 5.03. The van der Waals surface area contributed by atoms with Crippen molar-refractivity contribution < 1.29 is 9.90 Å². The molecule has 1 unspecified atom stereocenters. The Kier molecular flexibility index (Phi) is 5.61. The number of benzene rings is 2. The maximum atomic E-state index is 12.6. The van der Waals surface area contributed by atoms with E-state index in [1.54, 1.807) is 6.33 Å². The normalized spacial score (nSPS) is 24.0. The Bertz CT molecular complexity index is 1040. The zero-order chi connectivity index (χ0) is 21.2. The SMILES string of the molecule is O=C1NCC(c2ccc(C3CCC(NCCO)CC3)cc2)N1c1ccc2nc[nH]c2c1. The molecule has 2 aliphatic rings. The van der Waals surface area contributed by atoms with Crippen LogP contribution in [0.5, 0.6) is 0 Å². The highest BCUT2D eigenvalue weighted by molar-refractivity contribution is 5.97. The summed E-state index contributed by atoms with van der Waals surface area (Å²) in [6.07, 6.45) is 6.31. The lowest BCUT2D eigenvalue weighted by atomic mass is 9.81. The van der Waals surface area contributed by atoms with E-state index >= 15 is 0 Å². The van der Waals surface area contributed by atoms with E-state index in [0.717, 1.165) is 35.1 Å². The average Bonchev–Trinajstić information content (AvgIpc) is 3.44. The van der Waals surface area contributed by atoms with Gasteiger partial charge in [0, 0.05) is 24.8 Å². The van der Waals surface area contributed by atoms with E-state index in [2.05, 4.69) is 44.9 Å². The fraction of sp³-hybridized carbons (Fsp3) is 0.417. The highest BCUT2D eigenvalue weighted by Gasteiger charge is 2.33. The Balaban J connectivity index is 1.30. The van der Waals surface area contributed by atoms with E-state index in [4.69, 9.17) is 5.11 Å². The van der Waals surface area contributed by atoms with Gasteiger partial charge in [-0.3, -0.25) is 4.90 Å². The molecular formula is C24H29N5O2. The predicted molar refractivity (Wildman–Crippen MR) is 121 cm³/mol. The Hall–Kier alpha value is -2.90. The predicted octanol–water partition coefficient (Wildman–Crippen LogP) is 3.44. The first-order valence-corrected chi connectivity index (χ1v) is 11.2. The number of H-pyrrole nitrogens is 1. The van der Waals surface area contributed by atoms with Crippen molar-refractivity contribution >= 4 is 22.8 Å². The summed E-state index contributed by atoms with van der Waals surface area (Å²) in [6, 6.07) is 15.1. The van der Waals surface area contributed by atoms with Crippen LogP contribution in [0.4, 0.5) is 10.5 Å². The number of aromatic nitrogens is 2. The minimum atomic E-state index is -0.0679. The number of urea groups is 1. The Morgan fingerprint density at radius 3 is 2.61 bits per heavy atom. The number of fused-ring (bicyclic) bond motifs is 1. The van der Waals surface area contributed by atoms with Crippen molar-refractivity contribution in [3.05, 3.63) is 59.9 Å². The van der Waals surface area contributed by atoms with E-state index in [0.29, 0.717) is 25.0 Å². The van der Waals surface area contributed by atoms with Gasteiger partial charge in [0.2, 0.25) is 0 Å². The number of hydrogen-bond acceptors (Lipinski definition) is 4. The largest absolute Gasteiger partial charge is 0.395 e. The first kappa shape index (κ1) is 20.0. The zero-order valence-corrected chi connectivity index (χ0v) is 17.6. The third kappa shape index (κ3) is 4.03. The number of aromatic amines is 1. The van der Waals surface area contributed by atoms with E-state index < -0.39 is 0 Å². The summed E-state index contributed by atoms with van der Waals surface area (Å²) in [5.41, 5.74) is 5.22. The number of imidazole rings is 1. The third-order valence-electron chi connectivity index (χ3n) is 6.72. The van der Waals surface area contributed by atoms with Crippen LogP contribution >= 0.6 is 0 Å². The van der Waals surface area contributed by atoms with Gasteiger partial charge in [0.05, 0.1) is 30.0 Å². The van der Waals surface area contributed by atoms with Gasteiger partial charge in [-0.2, -0.15) is 0 Å². The molecule has 7 nitrogen and oxygen atoms in total. The molecule has 3 aromatic rings. The zero-order valence-electron chi connectivity index (χ0n) is 17.6. The minimum Gasteiger partial charge on any atom is -0.395 e. The van der Waals surface area contributed by atoms with Crippen molar-refractivity contribution in [2.24, 2.45) is 0 Å². The van der Waals surface area contributed by atoms with E-state index in [1.165, 1.54) is 18.4 Å². The van der Waals surface area contributed by atoms with Crippen LogP contribution in [0.1, 0.15) is 48.8 Å². The maximum absolute atomic E-state index is 12.6. The average molecular weight is 420 g/mol. The molecule has 1 aliphatic heterocycles. The Labute approximate surface area is 181 Å². The van der Waals surface area contributed by atoms with Gasteiger partial charge in [0.15, 0.2) is 0 Å². The van der Waals surface area contributed by atoms with Crippen LogP contribution in [0.3, 0.4) is 0 Å². The topological polar surface area (TPSA) is 93.3 Å². The molecule has 0 spiro atoms. The molecule has 1 saturated carbocycles. The van der Waals surface area contributed by atoms with Crippen LogP contribution in [0.2, 0.25) is 0 Å². The van der Waals surface area contributed by atoms with Gasteiger partial charge < -0.3 is 20.7 Å². The van der Waals surface area contributed by atoms with Crippen molar-refractivity contribution in [2.45, 2.75) is 43.7 Å². The summed E-state index contributed by atoms with van der Waals surface area (Å²) in [6.45, 7) is 1.48. The summed E-state index contributed by atoms with van der Waals surface area (Å²) >= 11 is 0. The van der Waals surface area contributed by atoms with Crippen molar-refractivity contribution in [1.82, 2.24) is 20.6 Å². The van der Waals surface area contributed by atoms with Crippen molar-refractivity contribution in [2.75, 3.05) is 24.6 Å². The minimum absolute atomic E-state index is 0.0275. The van der Waals surface area contributed by atoms with Gasteiger partial charge >= 0.3 is 6.03 Å². The summed E-state index contributed by atoms with van der Waals surface area (Å²) in [5.74, 6) is 0.587. The highest BCUT2D eigenvalue weighted by atomic mass is 16.3. The van der Waals surface area contributed by atoms with Gasteiger partial charge in [-0.25, -0.2) is 9.78 Å². The molecule has 1 atom stereocenters. The number of rotatable bonds is 6. The molecule has 7 heteroatoms. The second-order valence-electron chi connectivity index (χ2n) is 8.57. The fourth-order valence-corrected chi connectivity index (χ4v) is 5.03. The second kappa shape index (κ2) is 8.69. The molecule has 5 rings (SSSR count). The number of nitrogens with one attached hydrogen (secondary N) is 3. The van der Waals surface area contributed by atoms with Crippen LogP contribution in [-0.2, 0) is 0 Å². The highest BCUT2D eigenvalue weighted by Crippen LogP contribution is 2.35. The molecule has 2 fully saturated rings. The third-order valence-corrected chi connectivity index (χ3v) is 6.72. The number of carbonyl (C=O) groups is 1. The number of aliphatic hydroxyl groups is 1. The lowest BCUT2D eigenvalue weighted by Crippen LogP contribution is -2.34. The summed E-state index contributed by atoms with van der Waals surface area (Å²) in [5, 5.41) is 15.4. The van der Waals surface area contributed by atoms with Crippen molar-refractivity contribution in [3.63, 3.8) is 0 Å². The van der Waals surface area contributed by atoms with E-state index in [9.17, 15) is 4.79 Å². The monoisotopic (exact) mass is 419 g/mol.